The number of nitrogens with zero attached hydrogens (tertiary/aromatic N) is 4. The first-order valence-corrected chi connectivity index (χ1v) is 18.5. The number of nitrogens with one attached hydrogen (secondary N) is 2. The number of aliphatic hydroxyl groups excluding tert-OH is 1. The van der Waals surface area contributed by atoms with Gasteiger partial charge in [0.05, 0.1) is 36.9 Å². The number of ether oxygens (including phenoxy) is 1. The molecule has 1 spiro atoms. The van der Waals surface area contributed by atoms with E-state index in [9.17, 15) is 29.1 Å². The maximum absolute atomic E-state index is 14.3. The number of carbonyl (C=O) groups excluding carboxylic acids is 4. The van der Waals surface area contributed by atoms with Crippen LogP contribution in [0.2, 0.25) is 0 Å². The number of hydrogen-bond acceptors (Lipinski definition) is 8. The fourth-order valence-corrected chi connectivity index (χ4v) is 8.08. The summed E-state index contributed by atoms with van der Waals surface area (Å²) in [6.07, 6.45) is 6.88. The van der Waals surface area contributed by atoms with Gasteiger partial charge in [-0.3, -0.25) is 23.9 Å². The first-order chi connectivity index (χ1) is 24.8. The molecular formula is C38H52N6O8. The average Bonchev–Trinajstić information content (AvgIpc) is 3.41. The van der Waals surface area contributed by atoms with Gasteiger partial charge >= 0.3 is 5.97 Å². The van der Waals surface area contributed by atoms with Crippen molar-refractivity contribution in [1.29, 1.82) is 0 Å². The number of hydrogen-bond donors (Lipinski definition) is 4. The maximum Gasteiger partial charge on any atom is 0.334 e. The second kappa shape index (κ2) is 15.4. The molecule has 14 heteroatoms. The SMILES string of the molecule is C[C@@H](OCC1CCCCC1)[C@H](NC(=O)[C@@H]1CN(C(=O)c2cnn(Cc3ccccc3)c2)CC12CN(C(=O)[C@H]1CC1(C)C)C2)C(=O)NCC(O)C(=O)O. The standard InChI is InChI=1S/C38H52N6O8/c1-24(52-20-26-12-8-5-9-13-26)31(33(47)39-16-30(45)36(50)51)41-32(46)29-19-42(21-38(29)22-43(23-38)35(49)28-14-37(28,2)3)34(48)27-15-40-44(18-27)17-25-10-6-4-7-11-25/h4,6-7,10-11,15,18,24,26,28-31,45H,5,8-9,12-14,16-17,19-23H2,1-3H3,(H,39,47)(H,41,46)(H,50,51)/t24-,28-,29+,30?,31+/m1/s1. The van der Waals surface area contributed by atoms with E-state index in [1.807, 2.05) is 30.3 Å². The van der Waals surface area contributed by atoms with Gasteiger partial charge in [0.2, 0.25) is 17.7 Å². The highest BCUT2D eigenvalue weighted by atomic mass is 16.5. The molecule has 0 bridgehead atoms. The summed E-state index contributed by atoms with van der Waals surface area (Å²) in [6.45, 7) is 7.13. The molecule has 52 heavy (non-hydrogen) atoms. The molecule has 1 unspecified atom stereocenters. The summed E-state index contributed by atoms with van der Waals surface area (Å²) < 4.78 is 7.85. The summed E-state index contributed by atoms with van der Waals surface area (Å²) in [6, 6.07) is 8.57. The third-order valence-corrected chi connectivity index (χ3v) is 11.6. The highest BCUT2D eigenvalue weighted by molar-refractivity contribution is 5.96. The summed E-state index contributed by atoms with van der Waals surface area (Å²) >= 11 is 0. The Balaban J connectivity index is 1.18. The van der Waals surface area contributed by atoms with Crippen LogP contribution in [-0.2, 0) is 30.5 Å². The Bertz CT molecular complexity index is 1630. The van der Waals surface area contributed by atoms with Gasteiger partial charge in [-0.1, -0.05) is 63.4 Å². The van der Waals surface area contributed by atoms with Crippen LogP contribution in [0.1, 0.15) is 75.2 Å². The second-order valence-corrected chi connectivity index (χ2v) is 16.1. The fraction of sp³-hybridized carbons (Fsp3) is 0.632. The highest BCUT2D eigenvalue weighted by Crippen LogP contribution is 2.54. The first kappa shape index (κ1) is 37.5. The second-order valence-electron chi connectivity index (χ2n) is 16.1. The van der Waals surface area contributed by atoms with Crippen molar-refractivity contribution in [3.63, 3.8) is 0 Å². The zero-order valence-corrected chi connectivity index (χ0v) is 30.3. The van der Waals surface area contributed by atoms with E-state index < -0.39 is 53.9 Å². The van der Waals surface area contributed by atoms with Crippen molar-refractivity contribution in [2.45, 2.75) is 84.1 Å². The van der Waals surface area contributed by atoms with Gasteiger partial charge in [0, 0.05) is 50.3 Å². The zero-order valence-electron chi connectivity index (χ0n) is 30.3. The van der Waals surface area contributed by atoms with Crippen molar-refractivity contribution in [2.24, 2.45) is 28.6 Å². The summed E-state index contributed by atoms with van der Waals surface area (Å²) in [7, 11) is 0. The van der Waals surface area contributed by atoms with Crippen LogP contribution >= 0.6 is 0 Å². The quantitative estimate of drug-likeness (QED) is 0.227. The number of rotatable bonds is 14. The van der Waals surface area contributed by atoms with Crippen LogP contribution in [0.3, 0.4) is 0 Å². The molecule has 2 saturated carbocycles. The minimum atomic E-state index is -1.82. The molecule has 4 N–H and O–H groups in total. The third kappa shape index (κ3) is 8.33. The summed E-state index contributed by atoms with van der Waals surface area (Å²) in [5.41, 5.74) is 0.642. The molecule has 282 valence electrons. The minimum Gasteiger partial charge on any atom is -0.479 e. The Kier molecular flexibility index (Phi) is 11.1. The molecular weight excluding hydrogens is 668 g/mol. The van der Waals surface area contributed by atoms with Crippen molar-refractivity contribution in [1.82, 2.24) is 30.2 Å². The van der Waals surface area contributed by atoms with Crippen LogP contribution < -0.4 is 10.6 Å². The Hall–Kier alpha value is -4.30. The van der Waals surface area contributed by atoms with Gasteiger partial charge in [-0.05, 0) is 43.1 Å². The fourth-order valence-electron chi connectivity index (χ4n) is 8.08. The lowest BCUT2D eigenvalue weighted by Crippen LogP contribution is -2.65. The van der Waals surface area contributed by atoms with E-state index in [4.69, 9.17) is 9.84 Å². The molecule has 2 saturated heterocycles. The van der Waals surface area contributed by atoms with Crippen molar-refractivity contribution < 1.29 is 38.9 Å². The smallest absolute Gasteiger partial charge is 0.334 e. The average molecular weight is 721 g/mol. The number of likely N-dealkylation sites (tertiary alicyclic amines) is 2. The Morgan fingerprint density at radius 1 is 1.00 bits per heavy atom. The number of aromatic nitrogens is 2. The lowest BCUT2D eigenvalue weighted by molar-refractivity contribution is -0.152. The van der Waals surface area contributed by atoms with Gasteiger partial charge in [0.15, 0.2) is 6.10 Å². The Labute approximate surface area is 304 Å². The molecule has 3 heterocycles. The molecule has 4 amide bonds. The number of aliphatic hydroxyl groups is 1. The predicted octanol–water partition coefficient (Wildman–Crippen LogP) is 1.91. The maximum atomic E-state index is 14.3. The van der Waals surface area contributed by atoms with E-state index in [-0.39, 0.29) is 36.2 Å². The van der Waals surface area contributed by atoms with E-state index in [0.717, 1.165) is 37.7 Å². The molecule has 2 aliphatic carbocycles. The van der Waals surface area contributed by atoms with Crippen LogP contribution in [0.15, 0.2) is 42.7 Å². The number of benzene rings is 1. The van der Waals surface area contributed by atoms with Gasteiger partial charge in [-0.25, -0.2) is 4.79 Å². The van der Waals surface area contributed by atoms with E-state index in [2.05, 4.69) is 29.6 Å². The van der Waals surface area contributed by atoms with Gasteiger partial charge in [0.25, 0.3) is 5.91 Å². The molecule has 1 aromatic carbocycles. The zero-order chi connectivity index (χ0) is 37.2. The monoisotopic (exact) mass is 720 g/mol. The number of amides is 4. The number of carboxylic acid groups (broad SMARTS) is 1. The molecule has 1 aromatic heterocycles. The number of carbonyl (C=O) groups is 5. The predicted molar refractivity (Wildman–Crippen MR) is 189 cm³/mol. The molecule has 4 aliphatic rings. The first-order valence-electron chi connectivity index (χ1n) is 18.5. The lowest BCUT2D eigenvalue weighted by atomic mass is 9.70. The summed E-state index contributed by atoms with van der Waals surface area (Å²) in [5, 5.41) is 28.7. The van der Waals surface area contributed by atoms with Crippen LogP contribution in [0.4, 0.5) is 0 Å². The third-order valence-electron chi connectivity index (χ3n) is 11.6. The number of carboxylic acids is 1. The van der Waals surface area contributed by atoms with Crippen molar-refractivity contribution in [3.05, 3.63) is 53.9 Å². The topological polar surface area (TPSA) is 183 Å². The van der Waals surface area contributed by atoms with Gasteiger partial charge in [-0.2, -0.15) is 5.10 Å². The summed E-state index contributed by atoms with van der Waals surface area (Å²) in [5.74, 6) is -3.30. The molecule has 4 fully saturated rings. The van der Waals surface area contributed by atoms with E-state index in [1.165, 1.54) is 12.6 Å². The van der Waals surface area contributed by atoms with Crippen LogP contribution in [0, 0.1) is 28.6 Å². The van der Waals surface area contributed by atoms with E-state index >= 15 is 0 Å². The van der Waals surface area contributed by atoms with Gasteiger partial charge < -0.3 is 35.4 Å². The largest absolute Gasteiger partial charge is 0.479 e. The van der Waals surface area contributed by atoms with E-state index in [1.54, 1.807) is 27.6 Å². The van der Waals surface area contributed by atoms with Gasteiger partial charge in [0.1, 0.15) is 6.04 Å². The molecule has 6 rings (SSSR count). The molecule has 0 radical (unpaired) electrons. The van der Waals surface area contributed by atoms with Gasteiger partial charge in [-0.15, -0.1) is 0 Å². The van der Waals surface area contributed by atoms with Crippen LogP contribution in [0.25, 0.3) is 0 Å². The molecule has 5 atom stereocenters. The molecule has 14 nitrogen and oxygen atoms in total. The Morgan fingerprint density at radius 3 is 2.33 bits per heavy atom. The molecule has 2 aliphatic heterocycles. The minimum absolute atomic E-state index is 0.0562. The molecule has 2 aromatic rings. The summed E-state index contributed by atoms with van der Waals surface area (Å²) in [4.78, 5) is 69.7. The highest BCUT2D eigenvalue weighted by Gasteiger charge is 2.62. The van der Waals surface area contributed by atoms with Crippen molar-refractivity contribution in [2.75, 3.05) is 39.3 Å². The Morgan fingerprint density at radius 2 is 1.67 bits per heavy atom. The lowest BCUT2D eigenvalue weighted by Gasteiger charge is -2.50. The van der Waals surface area contributed by atoms with E-state index in [0.29, 0.717) is 37.7 Å². The normalized spacial score (nSPS) is 23.7. The van der Waals surface area contributed by atoms with Crippen LogP contribution in [0.5, 0.6) is 0 Å². The van der Waals surface area contributed by atoms with Crippen LogP contribution in [-0.4, -0.2) is 117 Å². The van der Waals surface area contributed by atoms with Crippen molar-refractivity contribution in [3.8, 4) is 0 Å². The number of aliphatic carboxylic acids is 1. The van der Waals surface area contributed by atoms with Crippen molar-refractivity contribution >= 4 is 29.6 Å².